The smallest absolute Gasteiger partial charge is 0.238 e. The van der Waals surface area contributed by atoms with E-state index in [1.54, 1.807) is 0 Å². The average Bonchev–Trinajstić information content (AvgIpc) is 2.63. The number of hydrogen-bond donors (Lipinski definition) is 3. The molecule has 0 unspecified atom stereocenters. The van der Waals surface area contributed by atoms with E-state index in [1.807, 2.05) is 13.8 Å². The zero-order valence-electron chi connectivity index (χ0n) is 12.1. The molecule has 1 amide bonds. The number of aromatic nitrogens is 2. The summed E-state index contributed by atoms with van der Waals surface area (Å²) in [6.45, 7) is 11.2. The van der Waals surface area contributed by atoms with Gasteiger partial charge in [0.15, 0.2) is 0 Å². The van der Waals surface area contributed by atoms with Crippen molar-refractivity contribution in [3.63, 3.8) is 0 Å². The highest BCUT2D eigenvalue weighted by molar-refractivity contribution is 5.93. The Morgan fingerprint density at radius 2 is 2.21 bits per heavy atom. The first kappa shape index (κ1) is 14.0. The maximum atomic E-state index is 12.2. The Kier molecular flexibility index (Phi) is 3.91. The van der Waals surface area contributed by atoms with Gasteiger partial charge in [-0.3, -0.25) is 14.8 Å². The molecule has 0 bridgehead atoms. The lowest BCUT2D eigenvalue weighted by Crippen LogP contribution is -2.59. The second kappa shape index (κ2) is 5.30. The first-order chi connectivity index (χ1) is 8.90. The van der Waals surface area contributed by atoms with Gasteiger partial charge in [0, 0.05) is 25.2 Å². The van der Waals surface area contributed by atoms with Crippen molar-refractivity contribution >= 4 is 11.6 Å². The number of anilines is 1. The van der Waals surface area contributed by atoms with Crippen LogP contribution in [0.2, 0.25) is 0 Å². The Morgan fingerprint density at radius 3 is 2.79 bits per heavy atom. The van der Waals surface area contributed by atoms with E-state index in [-0.39, 0.29) is 11.4 Å². The summed E-state index contributed by atoms with van der Waals surface area (Å²) in [4.78, 5) is 14.4. The van der Waals surface area contributed by atoms with E-state index >= 15 is 0 Å². The van der Waals surface area contributed by atoms with Gasteiger partial charge in [0.2, 0.25) is 5.91 Å². The highest BCUT2D eigenvalue weighted by Crippen LogP contribution is 2.18. The molecule has 2 heterocycles. The van der Waals surface area contributed by atoms with Gasteiger partial charge in [0.05, 0.1) is 23.6 Å². The maximum absolute atomic E-state index is 12.2. The summed E-state index contributed by atoms with van der Waals surface area (Å²) in [7, 11) is 0. The van der Waals surface area contributed by atoms with Gasteiger partial charge in [-0.15, -0.1) is 0 Å². The molecule has 0 atom stereocenters. The standard InChI is InChI=1S/C13H23N5O/c1-9-12(10(2)17-16-9)15-11(19)7-18-6-5-14-8-13(18,3)4/h14H,5-8H2,1-4H3,(H,15,19)(H,16,17). The first-order valence-electron chi connectivity index (χ1n) is 6.67. The average molecular weight is 265 g/mol. The molecular formula is C13H23N5O. The quantitative estimate of drug-likeness (QED) is 0.750. The van der Waals surface area contributed by atoms with E-state index in [2.05, 4.69) is 39.6 Å². The largest absolute Gasteiger partial charge is 0.322 e. The van der Waals surface area contributed by atoms with Gasteiger partial charge in [0.1, 0.15) is 0 Å². The summed E-state index contributed by atoms with van der Waals surface area (Å²) < 4.78 is 0. The van der Waals surface area contributed by atoms with Crippen LogP contribution in [0.5, 0.6) is 0 Å². The van der Waals surface area contributed by atoms with E-state index in [1.165, 1.54) is 0 Å². The van der Waals surface area contributed by atoms with Crippen molar-refractivity contribution in [3.8, 4) is 0 Å². The van der Waals surface area contributed by atoms with E-state index in [0.717, 1.165) is 36.7 Å². The number of aryl methyl sites for hydroxylation is 2. The third-order valence-corrected chi connectivity index (χ3v) is 3.70. The molecule has 1 aliphatic rings. The van der Waals surface area contributed by atoms with Crippen molar-refractivity contribution in [2.45, 2.75) is 33.2 Å². The summed E-state index contributed by atoms with van der Waals surface area (Å²) in [5, 5.41) is 13.3. The van der Waals surface area contributed by atoms with Crippen LogP contribution >= 0.6 is 0 Å². The summed E-state index contributed by atoms with van der Waals surface area (Å²) in [6.07, 6.45) is 0. The van der Waals surface area contributed by atoms with Gasteiger partial charge in [-0.1, -0.05) is 0 Å². The van der Waals surface area contributed by atoms with Crippen LogP contribution in [0.3, 0.4) is 0 Å². The molecule has 1 fully saturated rings. The van der Waals surface area contributed by atoms with Gasteiger partial charge in [-0.2, -0.15) is 5.10 Å². The topological polar surface area (TPSA) is 73.0 Å². The highest BCUT2D eigenvalue weighted by atomic mass is 16.2. The van der Waals surface area contributed by atoms with Crippen LogP contribution in [0.25, 0.3) is 0 Å². The van der Waals surface area contributed by atoms with Crippen molar-refractivity contribution in [2.75, 3.05) is 31.5 Å². The summed E-state index contributed by atoms with van der Waals surface area (Å²) >= 11 is 0. The van der Waals surface area contributed by atoms with Crippen molar-refractivity contribution in [1.82, 2.24) is 20.4 Å². The van der Waals surface area contributed by atoms with E-state index in [0.29, 0.717) is 6.54 Å². The minimum atomic E-state index is 0.01000. The predicted molar refractivity (Wildman–Crippen MR) is 75.2 cm³/mol. The number of carbonyl (C=O) groups excluding carboxylic acids is 1. The molecule has 0 spiro atoms. The number of H-pyrrole nitrogens is 1. The van der Waals surface area contributed by atoms with Crippen molar-refractivity contribution in [1.29, 1.82) is 0 Å². The second-order valence-electron chi connectivity index (χ2n) is 5.77. The van der Waals surface area contributed by atoms with E-state index in [9.17, 15) is 4.79 Å². The molecule has 19 heavy (non-hydrogen) atoms. The highest BCUT2D eigenvalue weighted by Gasteiger charge is 2.30. The Bertz CT molecular complexity index is 446. The molecule has 0 radical (unpaired) electrons. The van der Waals surface area contributed by atoms with Crippen LogP contribution in [0.4, 0.5) is 5.69 Å². The molecule has 1 saturated heterocycles. The fraction of sp³-hybridized carbons (Fsp3) is 0.692. The Labute approximate surface area is 113 Å². The van der Waals surface area contributed by atoms with Crippen LogP contribution in [-0.2, 0) is 4.79 Å². The molecule has 6 nitrogen and oxygen atoms in total. The lowest BCUT2D eigenvalue weighted by Gasteiger charge is -2.42. The number of aromatic amines is 1. The second-order valence-corrected chi connectivity index (χ2v) is 5.77. The third kappa shape index (κ3) is 3.13. The molecule has 6 heteroatoms. The van der Waals surface area contributed by atoms with Gasteiger partial charge < -0.3 is 10.6 Å². The van der Waals surface area contributed by atoms with Crippen LogP contribution in [0.1, 0.15) is 25.2 Å². The minimum Gasteiger partial charge on any atom is -0.322 e. The molecule has 106 valence electrons. The minimum absolute atomic E-state index is 0.01000. The van der Waals surface area contributed by atoms with Crippen LogP contribution in [0, 0.1) is 13.8 Å². The SMILES string of the molecule is Cc1n[nH]c(C)c1NC(=O)CN1CCNCC1(C)C. The van der Waals surface area contributed by atoms with E-state index in [4.69, 9.17) is 0 Å². The third-order valence-electron chi connectivity index (χ3n) is 3.70. The number of hydrogen-bond acceptors (Lipinski definition) is 4. The molecule has 3 N–H and O–H groups in total. The van der Waals surface area contributed by atoms with Crippen LogP contribution in [0.15, 0.2) is 0 Å². The number of piperazine rings is 1. The molecule has 1 aliphatic heterocycles. The molecule has 1 aromatic rings. The van der Waals surface area contributed by atoms with Crippen molar-refractivity contribution in [2.24, 2.45) is 0 Å². The first-order valence-corrected chi connectivity index (χ1v) is 6.67. The van der Waals surface area contributed by atoms with Crippen LogP contribution < -0.4 is 10.6 Å². The number of nitrogens with zero attached hydrogens (tertiary/aromatic N) is 2. The van der Waals surface area contributed by atoms with Crippen LogP contribution in [-0.4, -0.2) is 52.7 Å². The fourth-order valence-electron chi connectivity index (χ4n) is 2.40. The molecule has 2 rings (SSSR count). The molecule has 0 aromatic carbocycles. The summed E-state index contributed by atoms with van der Waals surface area (Å²) in [5.74, 6) is 0.0163. The summed E-state index contributed by atoms with van der Waals surface area (Å²) in [6, 6.07) is 0. The normalized spacial score (nSPS) is 19.4. The lowest BCUT2D eigenvalue weighted by molar-refractivity contribution is -0.119. The molecule has 0 saturated carbocycles. The number of amides is 1. The molecule has 1 aromatic heterocycles. The van der Waals surface area contributed by atoms with Crippen molar-refractivity contribution < 1.29 is 4.79 Å². The van der Waals surface area contributed by atoms with Gasteiger partial charge in [-0.25, -0.2) is 0 Å². The Morgan fingerprint density at radius 1 is 1.47 bits per heavy atom. The number of nitrogens with one attached hydrogen (secondary N) is 3. The van der Waals surface area contributed by atoms with Gasteiger partial charge >= 0.3 is 0 Å². The van der Waals surface area contributed by atoms with E-state index < -0.39 is 0 Å². The Hall–Kier alpha value is -1.40. The fourth-order valence-corrected chi connectivity index (χ4v) is 2.40. The monoisotopic (exact) mass is 265 g/mol. The lowest BCUT2D eigenvalue weighted by atomic mass is 10.0. The number of rotatable bonds is 3. The molecular weight excluding hydrogens is 242 g/mol. The Balaban J connectivity index is 1.98. The van der Waals surface area contributed by atoms with Gasteiger partial charge in [-0.05, 0) is 27.7 Å². The number of carbonyl (C=O) groups is 1. The summed E-state index contributed by atoms with van der Waals surface area (Å²) in [5.41, 5.74) is 2.53. The molecule has 0 aliphatic carbocycles. The zero-order valence-corrected chi connectivity index (χ0v) is 12.1. The van der Waals surface area contributed by atoms with Gasteiger partial charge in [0.25, 0.3) is 0 Å². The van der Waals surface area contributed by atoms with Crippen molar-refractivity contribution in [3.05, 3.63) is 11.4 Å². The zero-order chi connectivity index (χ0) is 14.0. The maximum Gasteiger partial charge on any atom is 0.238 e. The predicted octanol–water partition coefficient (Wildman–Crippen LogP) is 0.649.